The molecule has 0 N–H and O–H groups in total. The van der Waals surface area contributed by atoms with Crippen molar-refractivity contribution in [2.45, 2.75) is 58.3 Å². The molecular formula is C29H30F2O2. The maximum absolute atomic E-state index is 15.3. The molecule has 1 heterocycles. The van der Waals surface area contributed by atoms with Crippen LogP contribution in [-0.4, -0.2) is 6.61 Å². The van der Waals surface area contributed by atoms with Crippen molar-refractivity contribution in [1.29, 1.82) is 0 Å². The molecular weight excluding hydrogens is 418 g/mol. The number of fused-ring (bicyclic) bond motifs is 3. The molecule has 4 heteroatoms. The van der Waals surface area contributed by atoms with Gasteiger partial charge in [-0.1, -0.05) is 56.5 Å². The van der Waals surface area contributed by atoms with Gasteiger partial charge in [0.1, 0.15) is 0 Å². The first-order chi connectivity index (χ1) is 16.1. The van der Waals surface area contributed by atoms with Crippen LogP contribution in [0.3, 0.4) is 0 Å². The Morgan fingerprint density at radius 2 is 1.42 bits per heavy atom. The van der Waals surface area contributed by atoms with E-state index in [4.69, 9.17) is 9.15 Å². The van der Waals surface area contributed by atoms with Gasteiger partial charge in [0.15, 0.2) is 22.7 Å². The van der Waals surface area contributed by atoms with Crippen LogP contribution < -0.4 is 4.74 Å². The van der Waals surface area contributed by atoms with E-state index in [-0.39, 0.29) is 16.9 Å². The third-order valence-corrected chi connectivity index (χ3v) is 6.93. The molecule has 5 rings (SSSR count). The number of hydrogen-bond donors (Lipinski definition) is 0. The summed E-state index contributed by atoms with van der Waals surface area (Å²) in [6, 6.07) is 15.6. The summed E-state index contributed by atoms with van der Waals surface area (Å²) in [6.07, 6.45) is 8.18. The molecule has 2 nitrogen and oxygen atoms in total. The maximum atomic E-state index is 15.3. The van der Waals surface area contributed by atoms with Crippen molar-refractivity contribution < 1.29 is 17.9 Å². The summed E-state index contributed by atoms with van der Waals surface area (Å²) in [6.45, 7) is 2.68. The van der Waals surface area contributed by atoms with Gasteiger partial charge in [-0.15, -0.1) is 0 Å². The lowest BCUT2D eigenvalue weighted by Gasteiger charge is -2.11. The monoisotopic (exact) mass is 448 g/mol. The van der Waals surface area contributed by atoms with Gasteiger partial charge in [-0.05, 0) is 72.9 Å². The number of furan rings is 1. The highest BCUT2D eigenvalue weighted by molar-refractivity contribution is 6.05. The number of rotatable bonds is 8. The highest BCUT2D eigenvalue weighted by Gasteiger charge is 2.21. The Morgan fingerprint density at radius 3 is 2.12 bits per heavy atom. The predicted molar refractivity (Wildman–Crippen MR) is 129 cm³/mol. The topological polar surface area (TPSA) is 22.4 Å². The number of benzene rings is 3. The van der Waals surface area contributed by atoms with Gasteiger partial charge in [0, 0.05) is 10.8 Å². The zero-order chi connectivity index (χ0) is 22.8. The average molecular weight is 449 g/mol. The molecule has 0 atom stereocenters. The zero-order valence-corrected chi connectivity index (χ0v) is 19.1. The van der Waals surface area contributed by atoms with Gasteiger partial charge >= 0.3 is 0 Å². The van der Waals surface area contributed by atoms with Crippen LogP contribution in [0.1, 0.15) is 55.7 Å². The highest BCUT2D eigenvalue weighted by Crippen LogP contribution is 2.37. The van der Waals surface area contributed by atoms with Crippen LogP contribution in [0.15, 0.2) is 52.9 Å². The van der Waals surface area contributed by atoms with Gasteiger partial charge in [-0.3, -0.25) is 0 Å². The Kier molecular flexibility index (Phi) is 6.34. The summed E-state index contributed by atoms with van der Waals surface area (Å²) < 4.78 is 41.9. The smallest absolute Gasteiger partial charge is 0.208 e. The van der Waals surface area contributed by atoms with Gasteiger partial charge in [-0.2, -0.15) is 4.39 Å². The maximum Gasteiger partial charge on any atom is 0.208 e. The molecule has 0 amide bonds. The molecule has 0 aliphatic heterocycles. The minimum absolute atomic E-state index is 0.0662. The van der Waals surface area contributed by atoms with E-state index in [1.807, 2.05) is 6.07 Å². The van der Waals surface area contributed by atoms with Crippen LogP contribution in [-0.2, 0) is 19.3 Å². The predicted octanol–water partition coefficient (Wildman–Crippen LogP) is 8.17. The van der Waals surface area contributed by atoms with Crippen molar-refractivity contribution in [3.05, 3.63) is 76.9 Å². The largest absolute Gasteiger partial charge is 0.490 e. The third kappa shape index (κ3) is 4.48. The Bertz CT molecular complexity index is 1250. The fourth-order valence-corrected chi connectivity index (χ4v) is 4.99. The summed E-state index contributed by atoms with van der Waals surface area (Å²) in [7, 11) is 0. The molecule has 172 valence electrons. The molecule has 33 heavy (non-hydrogen) atoms. The Hall–Kier alpha value is -2.88. The molecule has 3 aromatic carbocycles. The Balaban J connectivity index is 1.37. The molecule has 1 aliphatic carbocycles. The zero-order valence-electron chi connectivity index (χ0n) is 19.1. The molecule has 0 spiro atoms. The van der Waals surface area contributed by atoms with E-state index < -0.39 is 11.6 Å². The summed E-state index contributed by atoms with van der Waals surface area (Å²) in [4.78, 5) is 0. The molecule has 0 unspecified atom stereocenters. The lowest BCUT2D eigenvalue weighted by Crippen LogP contribution is -2.08. The lowest BCUT2D eigenvalue weighted by atomic mass is 10.0. The van der Waals surface area contributed by atoms with Crippen molar-refractivity contribution in [3.63, 3.8) is 0 Å². The van der Waals surface area contributed by atoms with Crippen LogP contribution in [0.25, 0.3) is 21.9 Å². The summed E-state index contributed by atoms with van der Waals surface area (Å²) in [5, 5.41) is 1.17. The molecule has 1 aromatic heterocycles. The van der Waals surface area contributed by atoms with E-state index in [0.717, 1.165) is 32.1 Å². The van der Waals surface area contributed by atoms with Gasteiger partial charge in [-0.25, -0.2) is 4.39 Å². The first kappa shape index (κ1) is 21.9. The first-order valence-corrected chi connectivity index (χ1v) is 12.2. The number of halogens is 2. The summed E-state index contributed by atoms with van der Waals surface area (Å²) in [5.41, 5.74) is 3.26. The molecule has 0 saturated heterocycles. The van der Waals surface area contributed by atoms with E-state index in [2.05, 4.69) is 31.2 Å². The van der Waals surface area contributed by atoms with Crippen molar-refractivity contribution >= 4 is 21.9 Å². The van der Waals surface area contributed by atoms with E-state index >= 15 is 8.78 Å². The van der Waals surface area contributed by atoms with Gasteiger partial charge in [0.05, 0.1) is 6.61 Å². The molecule has 4 aromatic rings. The number of hydrogen-bond acceptors (Lipinski definition) is 2. The quantitative estimate of drug-likeness (QED) is 0.271. The summed E-state index contributed by atoms with van der Waals surface area (Å²) >= 11 is 0. The second kappa shape index (κ2) is 9.54. The van der Waals surface area contributed by atoms with Gasteiger partial charge in [0.25, 0.3) is 0 Å². The standard InChI is InChI=1S/C29H30F2O2/c1-2-5-19-8-10-20(11-9-19)12-13-22-14-15-23-24-16-17-25(32-18-21-6-3-4-7-21)27(31)29(24)33-28(23)26(22)30/h8-11,14-17,21H,2-7,12-13,18H2,1H3. The molecule has 1 aliphatic rings. The van der Waals surface area contributed by atoms with E-state index in [1.54, 1.807) is 18.2 Å². The van der Waals surface area contributed by atoms with Crippen LogP contribution in [0.5, 0.6) is 5.75 Å². The minimum Gasteiger partial charge on any atom is -0.490 e. The molecule has 1 saturated carbocycles. The van der Waals surface area contributed by atoms with Crippen molar-refractivity contribution in [3.8, 4) is 5.75 Å². The van der Waals surface area contributed by atoms with E-state index in [1.165, 1.54) is 24.0 Å². The van der Waals surface area contributed by atoms with Crippen molar-refractivity contribution in [2.24, 2.45) is 5.92 Å². The van der Waals surface area contributed by atoms with E-state index in [9.17, 15) is 0 Å². The fourth-order valence-electron chi connectivity index (χ4n) is 4.99. The SMILES string of the molecule is CCCc1ccc(CCc2ccc3c(oc4c(F)c(OCC5CCCC5)ccc43)c2F)cc1. The third-order valence-electron chi connectivity index (χ3n) is 6.93. The first-order valence-electron chi connectivity index (χ1n) is 12.2. The average Bonchev–Trinajstić information content (AvgIpc) is 3.48. The van der Waals surface area contributed by atoms with Crippen molar-refractivity contribution in [2.75, 3.05) is 6.61 Å². The Labute approximate surface area is 193 Å². The molecule has 0 radical (unpaired) electrons. The molecule has 0 bridgehead atoms. The Morgan fingerprint density at radius 1 is 0.788 bits per heavy atom. The second-order valence-corrected chi connectivity index (χ2v) is 9.30. The van der Waals surface area contributed by atoms with Crippen LogP contribution in [0, 0.1) is 17.6 Å². The number of aryl methyl sites for hydroxylation is 3. The summed E-state index contributed by atoms with van der Waals surface area (Å²) in [5.74, 6) is -0.284. The highest BCUT2D eigenvalue weighted by atomic mass is 19.1. The second-order valence-electron chi connectivity index (χ2n) is 9.30. The van der Waals surface area contributed by atoms with Gasteiger partial charge in [0.2, 0.25) is 5.82 Å². The lowest BCUT2D eigenvalue weighted by molar-refractivity contribution is 0.242. The molecule has 1 fully saturated rings. The van der Waals surface area contributed by atoms with E-state index in [0.29, 0.717) is 35.3 Å². The van der Waals surface area contributed by atoms with Crippen LogP contribution in [0.2, 0.25) is 0 Å². The van der Waals surface area contributed by atoms with Crippen LogP contribution >= 0.6 is 0 Å². The fraction of sp³-hybridized carbons (Fsp3) is 0.379. The number of ether oxygens (including phenoxy) is 1. The minimum atomic E-state index is -0.546. The normalized spacial score (nSPS) is 14.5. The van der Waals surface area contributed by atoms with Crippen molar-refractivity contribution in [1.82, 2.24) is 0 Å². The van der Waals surface area contributed by atoms with Crippen LogP contribution in [0.4, 0.5) is 8.78 Å². The van der Waals surface area contributed by atoms with Gasteiger partial charge < -0.3 is 9.15 Å².